The molecule has 2 heterocycles. The van der Waals surface area contributed by atoms with E-state index in [1.54, 1.807) is 19.2 Å². The van der Waals surface area contributed by atoms with Crippen LogP contribution in [0.1, 0.15) is 16.2 Å². The number of aromatic nitrogens is 2. The first-order valence-corrected chi connectivity index (χ1v) is 7.99. The summed E-state index contributed by atoms with van der Waals surface area (Å²) in [5.41, 5.74) is 1.54. The molecule has 0 unspecified atom stereocenters. The molecule has 0 aliphatic carbocycles. The monoisotopic (exact) mass is 342 g/mol. The lowest BCUT2D eigenvalue weighted by atomic mass is 10.2. The second-order valence-electron chi connectivity index (χ2n) is 4.86. The summed E-state index contributed by atoms with van der Waals surface area (Å²) in [7, 11) is 1.61. The minimum Gasteiger partial charge on any atom is -0.618 e. The summed E-state index contributed by atoms with van der Waals surface area (Å²) >= 11 is 1.46. The molecule has 0 aliphatic rings. The van der Waals surface area contributed by atoms with Gasteiger partial charge in [-0.2, -0.15) is 4.73 Å². The highest BCUT2D eigenvalue weighted by Gasteiger charge is 2.17. The number of hydrogen-bond acceptors (Lipinski definition) is 6. The van der Waals surface area contributed by atoms with E-state index in [0.29, 0.717) is 10.4 Å². The molecule has 3 rings (SSSR count). The fourth-order valence-electron chi connectivity index (χ4n) is 2.04. The van der Waals surface area contributed by atoms with Crippen LogP contribution in [0.3, 0.4) is 0 Å². The molecule has 1 aromatic carbocycles. The van der Waals surface area contributed by atoms with E-state index >= 15 is 0 Å². The van der Waals surface area contributed by atoms with Gasteiger partial charge in [-0.3, -0.25) is 0 Å². The molecule has 0 bridgehead atoms. The number of carbonyl (C=O) groups is 1. The van der Waals surface area contributed by atoms with Crippen molar-refractivity contribution in [2.24, 2.45) is 0 Å². The predicted octanol–water partition coefficient (Wildman–Crippen LogP) is 2.81. The molecule has 0 saturated heterocycles. The Morgan fingerprint density at radius 1 is 1.25 bits per heavy atom. The van der Waals surface area contributed by atoms with Crippen molar-refractivity contribution in [1.82, 2.24) is 4.98 Å². The van der Waals surface area contributed by atoms with Crippen LogP contribution >= 0.6 is 11.3 Å². The van der Waals surface area contributed by atoms with Gasteiger partial charge < -0.3 is 14.7 Å². The largest absolute Gasteiger partial charge is 0.618 e. The van der Waals surface area contributed by atoms with Crippen molar-refractivity contribution in [3.63, 3.8) is 0 Å². The van der Waals surface area contributed by atoms with Gasteiger partial charge in [0.15, 0.2) is 6.20 Å². The summed E-state index contributed by atoms with van der Waals surface area (Å²) in [6.45, 7) is 0.0143. The van der Waals surface area contributed by atoms with Gasteiger partial charge in [-0.1, -0.05) is 0 Å². The van der Waals surface area contributed by atoms with Gasteiger partial charge in [0.1, 0.15) is 17.4 Å². The lowest BCUT2D eigenvalue weighted by Gasteiger charge is -2.03. The fraction of sp³-hybridized carbons (Fsp3) is 0.118. The SMILES string of the molecule is COc1ccc(-c2nc(COC(=O)c3cccc[n+]3[O-])cs2)cc1. The second-order valence-corrected chi connectivity index (χ2v) is 5.72. The Hall–Kier alpha value is -2.93. The van der Waals surface area contributed by atoms with E-state index in [0.717, 1.165) is 16.3 Å². The average Bonchev–Trinajstić information content (AvgIpc) is 3.09. The van der Waals surface area contributed by atoms with Crippen LogP contribution < -0.4 is 9.47 Å². The molecular formula is C17H14N2O4S. The molecule has 0 N–H and O–H groups in total. The van der Waals surface area contributed by atoms with E-state index in [9.17, 15) is 10.0 Å². The van der Waals surface area contributed by atoms with Crippen molar-refractivity contribution in [2.45, 2.75) is 6.61 Å². The van der Waals surface area contributed by atoms with Gasteiger partial charge >= 0.3 is 11.7 Å². The Bertz CT molecular complexity index is 846. The van der Waals surface area contributed by atoms with Crippen LogP contribution in [0, 0.1) is 5.21 Å². The highest BCUT2D eigenvalue weighted by atomic mass is 32.1. The average molecular weight is 342 g/mol. The Kier molecular flexibility index (Phi) is 4.72. The third-order valence-corrected chi connectivity index (χ3v) is 4.21. The molecule has 0 amide bonds. The summed E-state index contributed by atoms with van der Waals surface area (Å²) in [6.07, 6.45) is 1.25. The number of benzene rings is 1. The number of hydrogen-bond donors (Lipinski definition) is 0. The van der Waals surface area contributed by atoms with Crippen molar-refractivity contribution in [3.8, 4) is 16.3 Å². The Labute approximate surface area is 142 Å². The van der Waals surface area contributed by atoms with E-state index in [4.69, 9.17) is 9.47 Å². The van der Waals surface area contributed by atoms with Crippen LogP contribution in [0.5, 0.6) is 5.75 Å². The number of pyridine rings is 1. The summed E-state index contributed by atoms with van der Waals surface area (Å²) < 4.78 is 10.7. The standard InChI is InChI=1S/C17H14N2O4S/c1-22-14-7-5-12(6-8-14)16-18-13(11-24-16)10-23-17(20)15-4-2-3-9-19(15)21/h2-9,11H,10H2,1H3. The molecule has 122 valence electrons. The van der Waals surface area contributed by atoms with E-state index in [2.05, 4.69) is 4.98 Å². The molecule has 24 heavy (non-hydrogen) atoms. The number of rotatable bonds is 5. The predicted molar refractivity (Wildman–Crippen MR) is 88.6 cm³/mol. The van der Waals surface area contributed by atoms with Gasteiger partial charge in [-0.25, -0.2) is 9.78 Å². The highest BCUT2D eigenvalue weighted by molar-refractivity contribution is 7.13. The molecule has 0 saturated carbocycles. The van der Waals surface area contributed by atoms with E-state index in [-0.39, 0.29) is 12.3 Å². The zero-order chi connectivity index (χ0) is 16.9. The third kappa shape index (κ3) is 3.52. The number of methoxy groups -OCH3 is 1. The molecule has 0 fully saturated rings. The number of thiazole rings is 1. The lowest BCUT2D eigenvalue weighted by Crippen LogP contribution is -2.34. The Balaban J connectivity index is 1.66. The molecule has 7 heteroatoms. The van der Waals surface area contributed by atoms with Crippen LogP contribution in [0.25, 0.3) is 10.6 Å². The first-order valence-electron chi connectivity index (χ1n) is 7.11. The Morgan fingerprint density at radius 3 is 2.75 bits per heavy atom. The van der Waals surface area contributed by atoms with Crippen LogP contribution in [-0.4, -0.2) is 18.1 Å². The minimum atomic E-state index is -0.676. The highest BCUT2D eigenvalue weighted by Crippen LogP contribution is 2.25. The summed E-state index contributed by atoms with van der Waals surface area (Å²) in [5, 5.41) is 14.1. The molecule has 3 aromatic rings. The van der Waals surface area contributed by atoms with Crippen LogP contribution in [0.2, 0.25) is 0 Å². The van der Waals surface area contributed by atoms with Gasteiger partial charge in [-0.15, -0.1) is 11.3 Å². The normalized spacial score (nSPS) is 10.4. The van der Waals surface area contributed by atoms with Crippen molar-refractivity contribution in [3.05, 3.63) is 70.6 Å². The van der Waals surface area contributed by atoms with Crippen LogP contribution in [-0.2, 0) is 11.3 Å². The van der Waals surface area contributed by atoms with Crippen LogP contribution in [0.4, 0.5) is 0 Å². The number of nitrogens with zero attached hydrogens (tertiary/aromatic N) is 2. The number of carbonyl (C=O) groups excluding carboxylic acids is 1. The van der Waals surface area contributed by atoms with Crippen LogP contribution in [0.15, 0.2) is 54.0 Å². The van der Waals surface area contributed by atoms with Crippen molar-refractivity contribution in [1.29, 1.82) is 0 Å². The van der Waals surface area contributed by atoms with Crippen molar-refractivity contribution < 1.29 is 19.0 Å². The zero-order valence-electron chi connectivity index (χ0n) is 12.8. The summed E-state index contributed by atoms with van der Waals surface area (Å²) in [5.74, 6) is 0.0998. The first-order chi connectivity index (χ1) is 11.7. The van der Waals surface area contributed by atoms with Gasteiger partial charge in [0, 0.05) is 23.1 Å². The maximum absolute atomic E-state index is 11.9. The summed E-state index contributed by atoms with van der Waals surface area (Å²) in [6, 6.07) is 12.1. The van der Waals surface area contributed by atoms with E-state index < -0.39 is 5.97 Å². The maximum atomic E-state index is 11.9. The van der Waals surface area contributed by atoms with Gasteiger partial charge in [0.25, 0.3) is 0 Å². The quantitative estimate of drug-likeness (QED) is 0.405. The molecule has 0 aliphatic heterocycles. The van der Waals surface area contributed by atoms with Gasteiger partial charge in [0.2, 0.25) is 0 Å². The maximum Gasteiger partial charge on any atom is 0.405 e. The lowest BCUT2D eigenvalue weighted by molar-refractivity contribution is -0.608. The number of ether oxygens (including phenoxy) is 2. The first kappa shape index (κ1) is 15.9. The molecule has 2 aromatic heterocycles. The minimum absolute atomic E-state index is 0.0143. The molecule has 0 radical (unpaired) electrons. The second kappa shape index (κ2) is 7.10. The molecular weight excluding hydrogens is 328 g/mol. The van der Waals surface area contributed by atoms with Gasteiger partial charge in [0.05, 0.1) is 12.8 Å². The smallest absolute Gasteiger partial charge is 0.405 e. The topological polar surface area (TPSA) is 75.4 Å². The molecule has 6 nitrogen and oxygen atoms in total. The number of esters is 1. The fourth-order valence-corrected chi connectivity index (χ4v) is 2.85. The summed E-state index contributed by atoms with van der Waals surface area (Å²) in [4.78, 5) is 16.3. The third-order valence-electron chi connectivity index (χ3n) is 3.27. The molecule has 0 spiro atoms. The van der Waals surface area contributed by atoms with Crippen molar-refractivity contribution in [2.75, 3.05) is 7.11 Å². The van der Waals surface area contributed by atoms with E-state index in [1.165, 1.54) is 23.6 Å². The van der Waals surface area contributed by atoms with Crippen molar-refractivity contribution >= 4 is 17.3 Å². The van der Waals surface area contributed by atoms with Gasteiger partial charge in [-0.05, 0) is 30.3 Å². The van der Waals surface area contributed by atoms with E-state index in [1.807, 2.05) is 29.6 Å². The Morgan fingerprint density at radius 2 is 2.04 bits per heavy atom. The molecule has 0 atom stereocenters. The zero-order valence-corrected chi connectivity index (χ0v) is 13.7.